The van der Waals surface area contributed by atoms with Crippen molar-refractivity contribution in [3.8, 4) is 5.75 Å². The number of amides is 1. The number of thiazole rings is 1. The van der Waals surface area contributed by atoms with Gasteiger partial charge in [-0.3, -0.25) is 9.59 Å². The molecule has 2 aromatic heterocycles. The number of para-hydroxylation sites is 1. The van der Waals surface area contributed by atoms with Crippen LogP contribution in [0, 0.1) is 6.92 Å². The zero-order valence-corrected chi connectivity index (χ0v) is 18.6. The second-order valence-electron chi connectivity index (χ2n) is 6.79. The summed E-state index contributed by atoms with van der Waals surface area (Å²) in [5.41, 5.74) is 2.47. The molecule has 4 aromatic rings. The van der Waals surface area contributed by atoms with Crippen molar-refractivity contribution in [3.05, 3.63) is 75.7 Å². The third kappa shape index (κ3) is 5.12. The van der Waals surface area contributed by atoms with Gasteiger partial charge in [-0.1, -0.05) is 47.4 Å². The number of hydrogen-bond donors (Lipinski definition) is 2. The number of nitrogens with zero attached hydrogens (tertiary/aromatic N) is 2. The van der Waals surface area contributed by atoms with Crippen LogP contribution in [0.1, 0.15) is 16.8 Å². The minimum Gasteiger partial charge on any atom is -0.497 e. The van der Waals surface area contributed by atoms with E-state index in [1.54, 1.807) is 14.0 Å². The molecule has 31 heavy (non-hydrogen) atoms. The highest BCUT2D eigenvalue weighted by molar-refractivity contribution is 7.98. The Morgan fingerprint density at radius 2 is 2.03 bits per heavy atom. The molecule has 2 aromatic carbocycles. The summed E-state index contributed by atoms with van der Waals surface area (Å²) < 4.78 is 6.22. The van der Waals surface area contributed by atoms with Gasteiger partial charge in [0.1, 0.15) is 5.75 Å². The fraction of sp³-hybridized carbons (Fsp3) is 0.182. The summed E-state index contributed by atoms with van der Waals surface area (Å²) in [5, 5.41) is 3.80. The number of H-pyrrole nitrogens is 1. The number of rotatable bonds is 7. The zero-order chi connectivity index (χ0) is 21.8. The Morgan fingerprint density at radius 3 is 2.81 bits per heavy atom. The molecule has 0 unspecified atom stereocenters. The molecule has 4 rings (SSSR count). The molecule has 0 saturated heterocycles. The summed E-state index contributed by atoms with van der Waals surface area (Å²) in [7, 11) is 1.63. The van der Waals surface area contributed by atoms with Gasteiger partial charge in [-0.15, -0.1) is 0 Å². The van der Waals surface area contributed by atoms with Gasteiger partial charge in [0.2, 0.25) is 5.91 Å². The lowest BCUT2D eigenvalue weighted by molar-refractivity contribution is -0.115. The van der Waals surface area contributed by atoms with E-state index in [9.17, 15) is 9.59 Å². The highest BCUT2D eigenvalue weighted by Crippen LogP contribution is 2.25. The van der Waals surface area contributed by atoms with Crippen molar-refractivity contribution in [2.75, 3.05) is 12.4 Å². The van der Waals surface area contributed by atoms with Crippen LogP contribution in [0.25, 0.3) is 10.2 Å². The minimum absolute atomic E-state index is 0.0646. The molecule has 0 bridgehead atoms. The Labute approximate surface area is 186 Å². The quantitative estimate of drug-likeness (QED) is 0.323. The molecule has 0 atom stereocenters. The van der Waals surface area contributed by atoms with E-state index in [1.165, 1.54) is 23.1 Å². The van der Waals surface area contributed by atoms with E-state index in [0.29, 0.717) is 27.3 Å². The first kappa shape index (κ1) is 21.1. The fourth-order valence-corrected chi connectivity index (χ4v) is 4.76. The van der Waals surface area contributed by atoms with E-state index in [2.05, 4.69) is 20.3 Å². The normalized spacial score (nSPS) is 10.9. The SMILES string of the molecule is COc1cccc(CSc2nc(C)c(CC(=O)Nc3nc4ccccc4s3)c(=O)[nH]2)c1. The van der Waals surface area contributed by atoms with Crippen LogP contribution in [0.15, 0.2) is 58.5 Å². The summed E-state index contributed by atoms with van der Waals surface area (Å²) >= 11 is 2.82. The number of carbonyl (C=O) groups excluding carboxylic acids is 1. The number of aromatic amines is 1. The maximum absolute atomic E-state index is 12.6. The molecule has 9 heteroatoms. The van der Waals surface area contributed by atoms with Crippen LogP contribution in [-0.4, -0.2) is 28.0 Å². The lowest BCUT2D eigenvalue weighted by Gasteiger charge is -2.08. The predicted molar refractivity (Wildman–Crippen MR) is 124 cm³/mol. The van der Waals surface area contributed by atoms with E-state index >= 15 is 0 Å². The number of aromatic nitrogens is 3. The molecule has 0 aliphatic heterocycles. The number of nitrogens with one attached hydrogen (secondary N) is 2. The highest BCUT2D eigenvalue weighted by atomic mass is 32.2. The monoisotopic (exact) mass is 452 g/mol. The summed E-state index contributed by atoms with van der Waals surface area (Å²) in [6.07, 6.45) is -0.0646. The number of aryl methyl sites for hydroxylation is 1. The molecular formula is C22H20N4O3S2. The number of ether oxygens (including phenoxy) is 1. The summed E-state index contributed by atoms with van der Waals surface area (Å²) in [6, 6.07) is 15.4. The topological polar surface area (TPSA) is 97.0 Å². The summed E-state index contributed by atoms with van der Waals surface area (Å²) in [4.78, 5) is 36.7. The molecule has 0 spiro atoms. The van der Waals surface area contributed by atoms with Gasteiger partial charge in [0.15, 0.2) is 10.3 Å². The smallest absolute Gasteiger partial charge is 0.255 e. The second kappa shape index (κ2) is 9.32. The van der Waals surface area contributed by atoms with Crippen molar-refractivity contribution < 1.29 is 9.53 Å². The third-order valence-corrected chi connectivity index (χ3v) is 6.48. The second-order valence-corrected chi connectivity index (χ2v) is 8.78. The average molecular weight is 453 g/mol. The molecule has 0 radical (unpaired) electrons. The van der Waals surface area contributed by atoms with Crippen molar-refractivity contribution in [3.63, 3.8) is 0 Å². The standard InChI is InChI=1S/C22H20N4O3S2/c1-13-16(11-19(27)25-22-24-17-8-3-4-9-18(17)31-22)20(28)26-21(23-13)30-12-14-6-5-7-15(10-14)29-2/h3-10H,11-12H2,1-2H3,(H,23,26,28)(H,24,25,27). The number of hydrogen-bond acceptors (Lipinski definition) is 7. The van der Waals surface area contributed by atoms with Gasteiger partial charge in [0.05, 0.1) is 23.7 Å². The van der Waals surface area contributed by atoms with E-state index in [0.717, 1.165) is 21.5 Å². The van der Waals surface area contributed by atoms with Crippen molar-refractivity contribution in [1.82, 2.24) is 15.0 Å². The number of fused-ring (bicyclic) bond motifs is 1. The molecule has 2 N–H and O–H groups in total. The van der Waals surface area contributed by atoms with Crippen LogP contribution in [0.3, 0.4) is 0 Å². The Hall–Kier alpha value is -3.17. The van der Waals surface area contributed by atoms with Gasteiger partial charge in [-0.2, -0.15) is 0 Å². The average Bonchev–Trinajstić information content (AvgIpc) is 3.17. The molecule has 0 saturated carbocycles. The van der Waals surface area contributed by atoms with Crippen LogP contribution in [0.4, 0.5) is 5.13 Å². The van der Waals surface area contributed by atoms with Crippen LogP contribution >= 0.6 is 23.1 Å². The Bertz CT molecular complexity index is 1270. The highest BCUT2D eigenvalue weighted by Gasteiger charge is 2.15. The number of methoxy groups -OCH3 is 1. The minimum atomic E-state index is -0.305. The third-order valence-electron chi connectivity index (χ3n) is 4.59. The largest absolute Gasteiger partial charge is 0.497 e. The van der Waals surface area contributed by atoms with Gasteiger partial charge >= 0.3 is 0 Å². The Balaban J connectivity index is 1.42. The maximum Gasteiger partial charge on any atom is 0.255 e. The van der Waals surface area contributed by atoms with Crippen LogP contribution < -0.4 is 15.6 Å². The molecule has 2 heterocycles. The van der Waals surface area contributed by atoms with Gasteiger partial charge in [0.25, 0.3) is 5.56 Å². The molecule has 0 aliphatic rings. The zero-order valence-electron chi connectivity index (χ0n) is 17.0. The Kier molecular flexibility index (Phi) is 6.34. The van der Waals surface area contributed by atoms with E-state index in [4.69, 9.17) is 4.74 Å². The van der Waals surface area contributed by atoms with Crippen molar-refractivity contribution >= 4 is 44.4 Å². The van der Waals surface area contributed by atoms with Crippen LogP contribution in [0.5, 0.6) is 5.75 Å². The molecule has 0 fully saturated rings. The van der Waals surface area contributed by atoms with Gasteiger partial charge in [-0.05, 0) is 36.8 Å². The molecule has 158 valence electrons. The first-order chi connectivity index (χ1) is 15.0. The fourth-order valence-electron chi connectivity index (χ4n) is 3.02. The number of benzene rings is 2. The van der Waals surface area contributed by atoms with Crippen molar-refractivity contribution in [1.29, 1.82) is 0 Å². The summed E-state index contributed by atoms with van der Waals surface area (Å²) in [6.45, 7) is 1.74. The molecule has 1 amide bonds. The number of carbonyl (C=O) groups is 1. The first-order valence-corrected chi connectivity index (χ1v) is 11.3. The number of anilines is 1. The lowest BCUT2D eigenvalue weighted by atomic mass is 10.1. The molecular weight excluding hydrogens is 432 g/mol. The van der Waals surface area contributed by atoms with E-state index in [1.807, 2.05) is 48.5 Å². The van der Waals surface area contributed by atoms with Gasteiger partial charge in [0, 0.05) is 17.0 Å². The molecule has 7 nitrogen and oxygen atoms in total. The summed E-state index contributed by atoms with van der Waals surface area (Å²) in [5.74, 6) is 1.12. The van der Waals surface area contributed by atoms with E-state index in [-0.39, 0.29) is 17.9 Å². The maximum atomic E-state index is 12.6. The van der Waals surface area contributed by atoms with Gasteiger partial charge < -0.3 is 15.0 Å². The van der Waals surface area contributed by atoms with E-state index < -0.39 is 0 Å². The van der Waals surface area contributed by atoms with Crippen molar-refractivity contribution in [2.24, 2.45) is 0 Å². The number of thioether (sulfide) groups is 1. The Morgan fingerprint density at radius 1 is 1.19 bits per heavy atom. The van der Waals surface area contributed by atoms with Gasteiger partial charge in [-0.25, -0.2) is 9.97 Å². The molecule has 0 aliphatic carbocycles. The lowest BCUT2D eigenvalue weighted by Crippen LogP contribution is -2.23. The predicted octanol–water partition coefficient (Wildman–Crippen LogP) is 4.17. The van der Waals surface area contributed by atoms with Crippen LogP contribution in [-0.2, 0) is 17.0 Å². The van der Waals surface area contributed by atoms with Crippen molar-refractivity contribution in [2.45, 2.75) is 24.3 Å². The van der Waals surface area contributed by atoms with Crippen LogP contribution in [0.2, 0.25) is 0 Å². The first-order valence-electron chi connectivity index (χ1n) is 9.53.